The van der Waals surface area contributed by atoms with Crippen LogP contribution in [0.15, 0.2) is 36.4 Å². The van der Waals surface area contributed by atoms with Crippen LogP contribution in [0.1, 0.15) is 104 Å². The predicted molar refractivity (Wildman–Crippen MR) is 192 cm³/mol. The number of nitrogens with zero attached hydrogens (tertiary/aromatic N) is 2. The molecule has 0 spiro atoms. The molecule has 0 radical (unpaired) electrons. The van der Waals surface area contributed by atoms with Crippen molar-refractivity contribution >= 4 is 6.08 Å². The summed E-state index contributed by atoms with van der Waals surface area (Å²) in [5.74, 6) is 3.92. The maximum Gasteiger partial charge on any atom is 0.133 e. The highest BCUT2D eigenvalue weighted by atomic mass is 16.5. The molecule has 1 atom stereocenters. The second-order valence-corrected chi connectivity index (χ2v) is 14.1. The van der Waals surface area contributed by atoms with Crippen LogP contribution >= 0.6 is 0 Å². The fourth-order valence-electron chi connectivity index (χ4n) is 7.34. The summed E-state index contributed by atoms with van der Waals surface area (Å²) in [5, 5.41) is 0. The minimum atomic E-state index is -0.303. The van der Waals surface area contributed by atoms with E-state index in [1.807, 2.05) is 0 Å². The van der Waals surface area contributed by atoms with E-state index in [4.69, 9.17) is 18.9 Å². The largest absolute Gasteiger partial charge is 0.493 e. The first-order valence-corrected chi connectivity index (χ1v) is 18.4. The summed E-state index contributed by atoms with van der Waals surface area (Å²) in [6.45, 7) is 29.7. The third-order valence-electron chi connectivity index (χ3n) is 11.2. The summed E-state index contributed by atoms with van der Waals surface area (Å²) in [4.78, 5) is 0. The van der Waals surface area contributed by atoms with Gasteiger partial charge in [-0.05, 0) is 117 Å². The lowest BCUT2D eigenvalue weighted by atomic mass is 9.88. The molecule has 46 heavy (non-hydrogen) atoms. The van der Waals surface area contributed by atoms with E-state index in [1.165, 1.54) is 85.3 Å². The number of quaternary nitrogens is 2. The molecule has 0 aliphatic carbocycles. The van der Waals surface area contributed by atoms with E-state index in [9.17, 15) is 0 Å². The summed E-state index contributed by atoms with van der Waals surface area (Å²) in [7, 11) is 0. The Morgan fingerprint density at radius 3 is 1.98 bits per heavy atom. The Morgan fingerprint density at radius 1 is 0.761 bits per heavy atom. The average Bonchev–Trinajstić information content (AvgIpc) is 3.08. The molecule has 0 aromatic heterocycles. The molecule has 2 heterocycles. The van der Waals surface area contributed by atoms with Crippen LogP contribution in [0.3, 0.4) is 0 Å². The zero-order valence-corrected chi connectivity index (χ0v) is 30.5. The van der Waals surface area contributed by atoms with E-state index in [-0.39, 0.29) is 11.5 Å². The minimum Gasteiger partial charge on any atom is -0.493 e. The Labute approximate surface area is 280 Å². The summed E-state index contributed by atoms with van der Waals surface area (Å²) >= 11 is 0. The van der Waals surface area contributed by atoms with Gasteiger partial charge in [0.15, 0.2) is 0 Å². The van der Waals surface area contributed by atoms with Gasteiger partial charge in [-0.15, -0.1) is 0 Å². The monoisotopic (exact) mass is 636 g/mol. The maximum absolute atomic E-state index is 6.59. The first-order chi connectivity index (χ1) is 22.2. The number of hydrogen-bond donors (Lipinski definition) is 0. The van der Waals surface area contributed by atoms with Crippen LogP contribution in [-0.4, -0.2) is 86.7 Å². The molecule has 6 heteroatoms. The van der Waals surface area contributed by atoms with Gasteiger partial charge in [-0.3, -0.25) is 0 Å². The van der Waals surface area contributed by atoms with Crippen LogP contribution in [-0.2, 0) is 6.42 Å². The standard InChI is InChI=1S/C40H64N2O4/c1-9-41(10-2,11-3)25-15-17-27-43-34-20-21-35(38(30-34)44-28-18-16-26-42(12-4,13-5)14-6)33-29-32-19-22-37-36(39(32)45-31-33)23-24-40(7,8)46-37/h19-24,30,33H,9-18,25-29,31H2,1-8H3/q+2. The molecule has 0 fully saturated rings. The number of benzene rings is 2. The number of fused-ring (bicyclic) bond motifs is 3. The Morgan fingerprint density at radius 2 is 1.37 bits per heavy atom. The molecule has 2 aromatic carbocycles. The van der Waals surface area contributed by atoms with Crippen molar-refractivity contribution in [3.8, 4) is 23.0 Å². The fourth-order valence-corrected chi connectivity index (χ4v) is 7.34. The first-order valence-electron chi connectivity index (χ1n) is 18.4. The number of hydrogen-bond acceptors (Lipinski definition) is 4. The first kappa shape index (κ1) is 36.1. The van der Waals surface area contributed by atoms with Crippen molar-refractivity contribution in [1.29, 1.82) is 0 Å². The second kappa shape index (κ2) is 16.4. The van der Waals surface area contributed by atoms with Crippen LogP contribution in [0.5, 0.6) is 23.0 Å². The molecular formula is C40H64N2O4+2. The third-order valence-corrected chi connectivity index (χ3v) is 11.2. The molecule has 256 valence electrons. The fraction of sp³-hybridized carbons (Fsp3) is 0.650. The highest BCUT2D eigenvalue weighted by Gasteiger charge is 2.30. The summed E-state index contributed by atoms with van der Waals surface area (Å²) < 4.78 is 28.0. The quantitative estimate of drug-likeness (QED) is 0.114. The highest BCUT2D eigenvalue weighted by Crippen LogP contribution is 2.44. The van der Waals surface area contributed by atoms with E-state index in [2.05, 4.69) is 97.9 Å². The zero-order valence-electron chi connectivity index (χ0n) is 30.5. The maximum atomic E-state index is 6.59. The van der Waals surface area contributed by atoms with Gasteiger partial charge >= 0.3 is 0 Å². The van der Waals surface area contributed by atoms with Gasteiger partial charge < -0.3 is 27.9 Å². The van der Waals surface area contributed by atoms with Gasteiger partial charge in [0.25, 0.3) is 0 Å². The summed E-state index contributed by atoms with van der Waals surface area (Å²) in [5.41, 5.74) is 3.19. The van der Waals surface area contributed by atoms with E-state index in [0.717, 1.165) is 54.4 Å². The van der Waals surface area contributed by atoms with Gasteiger partial charge in [0.05, 0.1) is 77.7 Å². The molecule has 2 aliphatic rings. The van der Waals surface area contributed by atoms with Crippen molar-refractivity contribution < 1.29 is 27.9 Å². The minimum absolute atomic E-state index is 0.215. The van der Waals surface area contributed by atoms with Crippen molar-refractivity contribution in [2.24, 2.45) is 0 Å². The lowest BCUT2D eigenvalue weighted by Crippen LogP contribution is -2.48. The van der Waals surface area contributed by atoms with Crippen LogP contribution < -0.4 is 18.9 Å². The molecule has 4 rings (SSSR count). The van der Waals surface area contributed by atoms with Gasteiger partial charge in [-0.25, -0.2) is 0 Å². The van der Waals surface area contributed by atoms with Crippen LogP contribution in [0.2, 0.25) is 0 Å². The normalized spacial score (nSPS) is 17.1. The molecule has 0 amide bonds. The van der Waals surface area contributed by atoms with Crippen LogP contribution in [0.25, 0.3) is 6.08 Å². The van der Waals surface area contributed by atoms with Crippen molar-refractivity contribution in [3.63, 3.8) is 0 Å². The number of ether oxygens (including phenoxy) is 4. The van der Waals surface area contributed by atoms with Crippen LogP contribution in [0, 0.1) is 0 Å². The lowest BCUT2D eigenvalue weighted by molar-refractivity contribution is -0.923. The predicted octanol–water partition coefficient (Wildman–Crippen LogP) is 8.66. The SMILES string of the molecule is CC[N+](CC)(CC)CCCCOc1ccc(C2COc3c(ccc4c3C=CC(C)(C)O4)C2)c(OCCCC[N+](CC)(CC)CC)c1. The molecular weight excluding hydrogens is 572 g/mol. The smallest absolute Gasteiger partial charge is 0.133 e. The van der Waals surface area contributed by atoms with Crippen molar-refractivity contribution in [2.75, 3.05) is 72.2 Å². The van der Waals surface area contributed by atoms with Crippen molar-refractivity contribution in [2.45, 2.75) is 99.0 Å². The Kier molecular flexibility index (Phi) is 12.9. The molecule has 1 unspecified atom stereocenters. The van der Waals surface area contributed by atoms with Crippen molar-refractivity contribution in [1.82, 2.24) is 0 Å². The summed E-state index contributed by atoms with van der Waals surface area (Å²) in [6, 6.07) is 10.8. The van der Waals surface area contributed by atoms with Gasteiger partial charge in [0.2, 0.25) is 0 Å². The topological polar surface area (TPSA) is 36.9 Å². The van der Waals surface area contributed by atoms with Gasteiger partial charge in [0, 0.05) is 17.5 Å². The van der Waals surface area contributed by atoms with Gasteiger partial charge in [0.1, 0.15) is 28.6 Å². The lowest BCUT2D eigenvalue weighted by Gasteiger charge is -2.35. The molecule has 6 nitrogen and oxygen atoms in total. The van der Waals surface area contributed by atoms with Crippen molar-refractivity contribution in [3.05, 3.63) is 53.1 Å². The second-order valence-electron chi connectivity index (χ2n) is 14.1. The van der Waals surface area contributed by atoms with Gasteiger partial charge in [-0.1, -0.05) is 12.1 Å². The Balaban J connectivity index is 1.44. The molecule has 0 bridgehead atoms. The molecule has 2 aromatic rings. The number of rotatable bonds is 19. The van der Waals surface area contributed by atoms with Gasteiger partial charge in [-0.2, -0.15) is 0 Å². The molecule has 0 saturated carbocycles. The molecule has 0 N–H and O–H groups in total. The highest BCUT2D eigenvalue weighted by molar-refractivity contribution is 5.69. The zero-order chi connectivity index (χ0) is 33.2. The Hall–Kier alpha value is -2.70. The number of unbranched alkanes of at least 4 members (excludes halogenated alkanes) is 2. The van der Waals surface area contributed by atoms with Crippen LogP contribution in [0.4, 0.5) is 0 Å². The third kappa shape index (κ3) is 8.80. The molecule has 0 saturated heterocycles. The van der Waals surface area contributed by atoms with E-state index in [0.29, 0.717) is 13.2 Å². The summed E-state index contributed by atoms with van der Waals surface area (Å²) in [6.07, 6.45) is 9.66. The van der Waals surface area contributed by atoms with E-state index >= 15 is 0 Å². The van der Waals surface area contributed by atoms with E-state index < -0.39 is 0 Å². The average molecular weight is 637 g/mol. The Bertz CT molecular complexity index is 1260. The molecule has 2 aliphatic heterocycles. The van der Waals surface area contributed by atoms with E-state index in [1.54, 1.807) is 0 Å².